The van der Waals surface area contributed by atoms with Gasteiger partial charge >= 0.3 is 0 Å². The Bertz CT molecular complexity index is 612. The molecule has 0 aliphatic rings. The fourth-order valence-corrected chi connectivity index (χ4v) is 2.99. The number of methoxy groups -OCH3 is 1. The molecule has 0 fully saturated rings. The number of aryl methyl sites for hydroxylation is 2. The third kappa shape index (κ3) is 3.33. The average molecular weight is 315 g/mol. The Morgan fingerprint density at radius 1 is 1.45 bits per heavy atom. The van der Waals surface area contributed by atoms with Gasteiger partial charge in [-0.1, -0.05) is 6.92 Å². The number of nitrogens with zero attached hydrogens (tertiary/aromatic N) is 2. The molecule has 110 valence electrons. The summed E-state index contributed by atoms with van der Waals surface area (Å²) in [6.45, 7) is 2.64. The molecule has 0 amide bonds. The van der Waals surface area contributed by atoms with Gasteiger partial charge in [-0.05, 0) is 12.1 Å². The number of rotatable bonds is 7. The Morgan fingerprint density at radius 2 is 2.25 bits per heavy atom. The smallest absolute Gasteiger partial charge is 0.121 e. The van der Waals surface area contributed by atoms with E-state index in [1.54, 1.807) is 7.11 Å². The lowest BCUT2D eigenvalue weighted by Gasteiger charge is -2.08. The SMILES string of the molecule is CCS(=O)CCn1c(CCCl)nc2cc(OC)ccc21. The molecule has 0 aliphatic carbocycles. The van der Waals surface area contributed by atoms with E-state index in [2.05, 4.69) is 9.55 Å². The fraction of sp³-hybridized carbons (Fsp3) is 0.500. The molecule has 2 aromatic rings. The molecule has 1 unspecified atom stereocenters. The van der Waals surface area contributed by atoms with Crippen molar-refractivity contribution in [2.75, 3.05) is 24.5 Å². The third-order valence-electron chi connectivity index (χ3n) is 3.22. The quantitative estimate of drug-likeness (QED) is 0.738. The summed E-state index contributed by atoms with van der Waals surface area (Å²) in [5.41, 5.74) is 1.94. The van der Waals surface area contributed by atoms with Crippen molar-refractivity contribution >= 4 is 33.4 Å². The van der Waals surface area contributed by atoms with Gasteiger partial charge in [0, 0.05) is 47.2 Å². The summed E-state index contributed by atoms with van der Waals surface area (Å²) in [6, 6.07) is 5.83. The molecule has 0 bridgehead atoms. The minimum Gasteiger partial charge on any atom is -0.497 e. The lowest BCUT2D eigenvalue weighted by Crippen LogP contribution is -2.12. The Hall–Kier alpha value is -1.07. The van der Waals surface area contributed by atoms with Gasteiger partial charge < -0.3 is 9.30 Å². The molecular weight excluding hydrogens is 296 g/mol. The zero-order chi connectivity index (χ0) is 14.5. The highest BCUT2D eigenvalue weighted by molar-refractivity contribution is 7.84. The summed E-state index contributed by atoms with van der Waals surface area (Å²) >= 11 is 5.85. The van der Waals surface area contributed by atoms with Crippen LogP contribution >= 0.6 is 11.6 Å². The number of alkyl halides is 1. The lowest BCUT2D eigenvalue weighted by molar-refractivity contribution is 0.415. The molecule has 0 spiro atoms. The van der Waals surface area contributed by atoms with E-state index in [0.29, 0.717) is 30.4 Å². The molecule has 0 aliphatic heterocycles. The summed E-state index contributed by atoms with van der Waals surface area (Å²) in [6.07, 6.45) is 0.706. The van der Waals surface area contributed by atoms with Crippen molar-refractivity contribution in [1.29, 1.82) is 0 Å². The number of ether oxygens (including phenoxy) is 1. The Kier molecular flexibility index (Phi) is 5.43. The van der Waals surface area contributed by atoms with Gasteiger partial charge in [0.1, 0.15) is 11.6 Å². The summed E-state index contributed by atoms with van der Waals surface area (Å²) in [5.74, 6) is 3.58. The van der Waals surface area contributed by atoms with Crippen LogP contribution in [0.25, 0.3) is 11.0 Å². The maximum Gasteiger partial charge on any atom is 0.121 e. The lowest BCUT2D eigenvalue weighted by atomic mass is 10.3. The van der Waals surface area contributed by atoms with E-state index < -0.39 is 10.8 Å². The van der Waals surface area contributed by atoms with Gasteiger partial charge in [0.05, 0.1) is 18.1 Å². The van der Waals surface area contributed by atoms with Crippen molar-refractivity contribution in [2.24, 2.45) is 0 Å². The van der Waals surface area contributed by atoms with Gasteiger partial charge in [-0.3, -0.25) is 4.21 Å². The maximum atomic E-state index is 11.6. The first-order valence-corrected chi connectivity index (χ1v) is 8.66. The normalized spacial score (nSPS) is 12.8. The molecule has 2 rings (SSSR count). The maximum absolute atomic E-state index is 11.6. The van der Waals surface area contributed by atoms with E-state index >= 15 is 0 Å². The molecule has 1 aromatic carbocycles. The molecule has 20 heavy (non-hydrogen) atoms. The van der Waals surface area contributed by atoms with Gasteiger partial charge in [0.25, 0.3) is 0 Å². The first-order chi connectivity index (χ1) is 9.69. The first kappa shape index (κ1) is 15.3. The van der Waals surface area contributed by atoms with Crippen LogP contribution in [0.3, 0.4) is 0 Å². The second-order valence-electron chi connectivity index (χ2n) is 4.41. The predicted molar refractivity (Wildman–Crippen MR) is 84.3 cm³/mol. The fourth-order valence-electron chi connectivity index (χ4n) is 2.15. The molecule has 1 aromatic heterocycles. The topological polar surface area (TPSA) is 44.1 Å². The van der Waals surface area contributed by atoms with Gasteiger partial charge in [0.15, 0.2) is 0 Å². The van der Waals surface area contributed by atoms with Crippen LogP contribution in [-0.4, -0.2) is 38.3 Å². The van der Waals surface area contributed by atoms with Gasteiger partial charge in [-0.25, -0.2) is 4.98 Å². The van der Waals surface area contributed by atoms with Crippen molar-refractivity contribution in [3.05, 3.63) is 24.0 Å². The van der Waals surface area contributed by atoms with Crippen LogP contribution in [0, 0.1) is 0 Å². The number of hydrogen-bond acceptors (Lipinski definition) is 3. The molecule has 1 atom stereocenters. The highest BCUT2D eigenvalue weighted by Gasteiger charge is 2.11. The van der Waals surface area contributed by atoms with E-state index in [1.165, 1.54) is 0 Å². The minimum atomic E-state index is -0.779. The van der Waals surface area contributed by atoms with Crippen molar-refractivity contribution in [1.82, 2.24) is 9.55 Å². The molecule has 0 radical (unpaired) electrons. The van der Waals surface area contributed by atoms with Crippen LogP contribution in [0.4, 0.5) is 0 Å². The van der Waals surface area contributed by atoms with Crippen LogP contribution in [0.5, 0.6) is 5.75 Å². The number of fused-ring (bicyclic) bond motifs is 1. The third-order valence-corrected chi connectivity index (χ3v) is 4.69. The molecule has 1 heterocycles. The number of benzene rings is 1. The number of halogens is 1. The highest BCUT2D eigenvalue weighted by atomic mass is 35.5. The van der Waals surface area contributed by atoms with Crippen LogP contribution in [0.15, 0.2) is 18.2 Å². The summed E-state index contributed by atoms with van der Waals surface area (Å²) < 4.78 is 19.0. The van der Waals surface area contributed by atoms with Gasteiger partial charge in [0.2, 0.25) is 0 Å². The highest BCUT2D eigenvalue weighted by Crippen LogP contribution is 2.22. The van der Waals surface area contributed by atoms with E-state index in [1.807, 2.05) is 25.1 Å². The molecule has 0 saturated carbocycles. The van der Waals surface area contributed by atoms with E-state index in [-0.39, 0.29) is 0 Å². The molecule has 0 saturated heterocycles. The Balaban J connectivity index is 2.37. The first-order valence-electron chi connectivity index (χ1n) is 6.63. The van der Waals surface area contributed by atoms with Crippen LogP contribution in [0.1, 0.15) is 12.7 Å². The zero-order valence-electron chi connectivity index (χ0n) is 11.8. The number of aromatic nitrogens is 2. The monoisotopic (exact) mass is 314 g/mol. The summed E-state index contributed by atoms with van der Waals surface area (Å²) in [5, 5.41) is 0. The standard InChI is InChI=1S/C14H19ClN2O2S/c1-3-20(18)9-8-17-13-5-4-11(19-2)10-12(13)16-14(17)6-7-15/h4-5,10H,3,6-9H2,1-2H3. The summed E-state index contributed by atoms with van der Waals surface area (Å²) in [4.78, 5) is 4.61. The van der Waals surface area contributed by atoms with E-state index in [0.717, 1.165) is 22.6 Å². The van der Waals surface area contributed by atoms with E-state index in [9.17, 15) is 4.21 Å². The number of imidazole rings is 1. The second kappa shape index (κ2) is 7.09. The van der Waals surface area contributed by atoms with Crippen LogP contribution in [0.2, 0.25) is 0 Å². The van der Waals surface area contributed by atoms with Crippen molar-refractivity contribution in [2.45, 2.75) is 19.9 Å². The Morgan fingerprint density at radius 3 is 2.90 bits per heavy atom. The van der Waals surface area contributed by atoms with Crippen molar-refractivity contribution < 1.29 is 8.95 Å². The minimum absolute atomic E-state index is 0.525. The Labute approximate surface area is 126 Å². The molecular formula is C14H19ClN2O2S. The predicted octanol–water partition coefficient (Wildman–Crippen LogP) is 2.59. The zero-order valence-corrected chi connectivity index (χ0v) is 13.3. The van der Waals surface area contributed by atoms with Crippen LogP contribution in [-0.2, 0) is 23.8 Å². The van der Waals surface area contributed by atoms with Gasteiger partial charge in [-0.2, -0.15) is 0 Å². The van der Waals surface area contributed by atoms with Crippen molar-refractivity contribution in [3.8, 4) is 5.75 Å². The second-order valence-corrected chi connectivity index (χ2v) is 6.65. The van der Waals surface area contributed by atoms with Gasteiger partial charge in [-0.15, -0.1) is 11.6 Å². The summed E-state index contributed by atoms with van der Waals surface area (Å²) in [7, 11) is 0.862. The average Bonchev–Trinajstić information content (AvgIpc) is 2.81. The molecule has 4 nitrogen and oxygen atoms in total. The number of hydrogen-bond donors (Lipinski definition) is 0. The van der Waals surface area contributed by atoms with E-state index in [4.69, 9.17) is 16.3 Å². The van der Waals surface area contributed by atoms with Crippen LogP contribution < -0.4 is 4.74 Å². The molecule has 6 heteroatoms. The largest absolute Gasteiger partial charge is 0.497 e. The van der Waals surface area contributed by atoms with Crippen molar-refractivity contribution in [3.63, 3.8) is 0 Å². The molecule has 0 N–H and O–H groups in total.